The van der Waals surface area contributed by atoms with Gasteiger partial charge in [-0.15, -0.1) is 0 Å². The van der Waals surface area contributed by atoms with Crippen LogP contribution in [0, 0.1) is 17.6 Å². The SMILES string of the molecule is CCOC(=O)C(C=C(c1ccc(F)cc1)c1ccc(F)cc1)C(=O)OCC. The van der Waals surface area contributed by atoms with Crippen LogP contribution in [0.5, 0.6) is 0 Å². The maximum absolute atomic E-state index is 13.3. The highest BCUT2D eigenvalue weighted by Gasteiger charge is 2.28. The maximum atomic E-state index is 13.3. The summed E-state index contributed by atoms with van der Waals surface area (Å²) in [5, 5.41) is 0. The van der Waals surface area contributed by atoms with Crippen LogP contribution in [0.3, 0.4) is 0 Å². The van der Waals surface area contributed by atoms with E-state index in [1.807, 2.05) is 0 Å². The van der Waals surface area contributed by atoms with Crippen molar-refractivity contribution in [2.45, 2.75) is 13.8 Å². The van der Waals surface area contributed by atoms with Gasteiger partial charge in [0.2, 0.25) is 0 Å². The number of carbonyl (C=O) groups is 2. The molecule has 0 fully saturated rings. The van der Waals surface area contributed by atoms with Gasteiger partial charge in [-0.3, -0.25) is 9.59 Å². The molecule has 0 spiro atoms. The van der Waals surface area contributed by atoms with Crippen LogP contribution in [-0.4, -0.2) is 25.2 Å². The molecule has 0 atom stereocenters. The number of carbonyl (C=O) groups excluding carboxylic acids is 2. The minimum atomic E-state index is -1.30. The van der Waals surface area contributed by atoms with Gasteiger partial charge in [0.05, 0.1) is 13.2 Å². The molecule has 6 heteroatoms. The summed E-state index contributed by atoms with van der Waals surface area (Å²) >= 11 is 0. The standard InChI is InChI=1S/C21H20F2O4/c1-3-26-20(24)19(21(25)27-4-2)13-18(14-5-9-16(22)10-6-14)15-7-11-17(23)12-8-15/h5-13,19H,3-4H2,1-2H3. The molecule has 2 rings (SSSR count). The van der Waals surface area contributed by atoms with Gasteiger partial charge < -0.3 is 9.47 Å². The molecule has 0 heterocycles. The zero-order valence-corrected chi connectivity index (χ0v) is 15.1. The van der Waals surface area contributed by atoms with E-state index in [1.54, 1.807) is 13.8 Å². The third-order valence-corrected chi connectivity index (χ3v) is 3.72. The Kier molecular flexibility index (Phi) is 7.23. The van der Waals surface area contributed by atoms with Crippen molar-refractivity contribution in [3.63, 3.8) is 0 Å². The topological polar surface area (TPSA) is 52.6 Å². The minimum Gasteiger partial charge on any atom is -0.465 e. The van der Waals surface area contributed by atoms with E-state index >= 15 is 0 Å². The van der Waals surface area contributed by atoms with E-state index in [4.69, 9.17) is 9.47 Å². The third-order valence-electron chi connectivity index (χ3n) is 3.72. The number of hydrogen-bond acceptors (Lipinski definition) is 4. The first-order valence-electron chi connectivity index (χ1n) is 8.53. The monoisotopic (exact) mass is 374 g/mol. The number of esters is 2. The van der Waals surface area contributed by atoms with Crippen LogP contribution in [0.15, 0.2) is 54.6 Å². The average molecular weight is 374 g/mol. The van der Waals surface area contributed by atoms with Crippen LogP contribution in [0.1, 0.15) is 25.0 Å². The molecular formula is C21H20F2O4. The molecule has 0 N–H and O–H groups in total. The summed E-state index contributed by atoms with van der Waals surface area (Å²) in [7, 11) is 0. The summed E-state index contributed by atoms with van der Waals surface area (Å²) in [6.07, 6.45) is 1.40. The molecule has 0 radical (unpaired) electrons. The van der Waals surface area contributed by atoms with Crippen LogP contribution in [0.4, 0.5) is 8.78 Å². The molecule has 27 heavy (non-hydrogen) atoms. The Morgan fingerprint density at radius 1 is 0.815 bits per heavy atom. The minimum absolute atomic E-state index is 0.102. The van der Waals surface area contributed by atoms with E-state index in [9.17, 15) is 18.4 Å². The molecule has 0 aliphatic heterocycles. The zero-order chi connectivity index (χ0) is 19.8. The van der Waals surface area contributed by atoms with Crippen molar-refractivity contribution in [3.8, 4) is 0 Å². The van der Waals surface area contributed by atoms with Crippen molar-refractivity contribution in [2.24, 2.45) is 5.92 Å². The molecule has 0 saturated carbocycles. The van der Waals surface area contributed by atoms with Gasteiger partial charge in [0.25, 0.3) is 0 Å². The Bertz CT molecular complexity index is 746. The molecule has 0 aromatic heterocycles. The predicted octanol–water partition coefficient (Wildman–Crippen LogP) is 4.14. The summed E-state index contributed by atoms with van der Waals surface area (Å²) in [5.74, 6) is -3.65. The molecule has 2 aromatic carbocycles. The Morgan fingerprint density at radius 3 is 1.52 bits per heavy atom. The highest BCUT2D eigenvalue weighted by Crippen LogP contribution is 2.26. The fourth-order valence-corrected chi connectivity index (χ4v) is 2.48. The Morgan fingerprint density at radius 2 is 1.19 bits per heavy atom. The lowest BCUT2D eigenvalue weighted by Crippen LogP contribution is -2.27. The Labute approximate surface area is 156 Å². The number of hydrogen-bond donors (Lipinski definition) is 0. The van der Waals surface area contributed by atoms with E-state index in [2.05, 4.69) is 0 Å². The molecule has 142 valence electrons. The van der Waals surface area contributed by atoms with E-state index in [1.165, 1.54) is 54.6 Å². The van der Waals surface area contributed by atoms with E-state index in [-0.39, 0.29) is 13.2 Å². The van der Waals surface area contributed by atoms with Gasteiger partial charge in [-0.05, 0) is 54.8 Å². The van der Waals surface area contributed by atoms with Crippen molar-refractivity contribution in [1.82, 2.24) is 0 Å². The largest absolute Gasteiger partial charge is 0.465 e. The summed E-state index contributed by atoms with van der Waals surface area (Å²) in [6, 6.07) is 11.1. The summed E-state index contributed by atoms with van der Waals surface area (Å²) in [6.45, 7) is 3.46. The molecule has 0 amide bonds. The molecule has 0 bridgehead atoms. The van der Waals surface area contributed by atoms with Crippen molar-refractivity contribution in [1.29, 1.82) is 0 Å². The smallest absolute Gasteiger partial charge is 0.324 e. The van der Waals surface area contributed by atoms with Gasteiger partial charge in [0, 0.05) is 0 Å². The first-order chi connectivity index (χ1) is 13.0. The zero-order valence-electron chi connectivity index (χ0n) is 15.1. The quantitative estimate of drug-likeness (QED) is 0.540. The van der Waals surface area contributed by atoms with Gasteiger partial charge in [-0.2, -0.15) is 0 Å². The van der Waals surface area contributed by atoms with Crippen molar-refractivity contribution in [3.05, 3.63) is 77.4 Å². The Balaban J connectivity index is 2.56. The maximum Gasteiger partial charge on any atom is 0.324 e. The van der Waals surface area contributed by atoms with Crippen LogP contribution < -0.4 is 0 Å². The second-order valence-electron chi connectivity index (χ2n) is 5.58. The molecule has 0 saturated heterocycles. The lowest BCUT2D eigenvalue weighted by Gasteiger charge is -2.15. The lowest BCUT2D eigenvalue weighted by atomic mass is 9.93. The van der Waals surface area contributed by atoms with Crippen LogP contribution in [-0.2, 0) is 19.1 Å². The van der Waals surface area contributed by atoms with E-state index in [0.717, 1.165) is 0 Å². The van der Waals surface area contributed by atoms with Crippen molar-refractivity contribution < 1.29 is 27.8 Å². The lowest BCUT2D eigenvalue weighted by molar-refractivity contribution is -0.158. The fourth-order valence-electron chi connectivity index (χ4n) is 2.48. The van der Waals surface area contributed by atoms with Gasteiger partial charge in [0.1, 0.15) is 11.6 Å². The second-order valence-corrected chi connectivity index (χ2v) is 5.58. The highest BCUT2D eigenvalue weighted by atomic mass is 19.1. The first kappa shape index (κ1) is 20.3. The molecule has 0 aliphatic rings. The molecule has 0 aliphatic carbocycles. The number of rotatable bonds is 7. The number of ether oxygens (including phenoxy) is 2. The third kappa shape index (κ3) is 5.48. The van der Waals surface area contributed by atoms with Gasteiger partial charge in [-0.1, -0.05) is 30.3 Å². The fraction of sp³-hybridized carbons (Fsp3) is 0.238. The predicted molar refractivity (Wildman–Crippen MR) is 96.6 cm³/mol. The van der Waals surface area contributed by atoms with E-state index < -0.39 is 29.5 Å². The highest BCUT2D eigenvalue weighted by molar-refractivity contribution is 5.99. The van der Waals surface area contributed by atoms with Crippen LogP contribution >= 0.6 is 0 Å². The number of benzene rings is 2. The summed E-state index contributed by atoms with van der Waals surface area (Å²) in [4.78, 5) is 24.6. The van der Waals surface area contributed by atoms with Crippen molar-refractivity contribution in [2.75, 3.05) is 13.2 Å². The van der Waals surface area contributed by atoms with E-state index in [0.29, 0.717) is 16.7 Å². The van der Waals surface area contributed by atoms with Crippen LogP contribution in [0.25, 0.3) is 5.57 Å². The second kappa shape index (κ2) is 9.62. The summed E-state index contributed by atoms with van der Waals surface area (Å²) in [5.41, 5.74) is 1.57. The van der Waals surface area contributed by atoms with Gasteiger partial charge in [0.15, 0.2) is 5.92 Å². The van der Waals surface area contributed by atoms with Crippen molar-refractivity contribution >= 4 is 17.5 Å². The molecule has 0 unspecified atom stereocenters. The average Bonchev–Trinajstić information content (AvgIpc) is 2.65. The molecule has 2 aromatic rings. The van der Waals surface area contributed by atoms with Gasteiger partial charge >= 0.3 is 11.9 Å². The molecule has 4 nitrogen and oxygen atoms in total. The summed E-state index contributed by atoms with van der Waals surface area (Å²) < 4.78 is 36.6. The molecular weight excluding hydrogens is 354 g/mol. The Hall–Kier alpha value is -3.02. The first-order valence-corrected chi connectivity index (χ1v) is 8.53. The van der Waals surface area contributed by atoms with Crippen LogP contribution in [0.2, 0.25) is 0 Å². The normalized spacial score (nSPS) is 10.4. The number of halogens is 2. The van der Waals surface area contributed by atoms with Gasteiger partial charge in [-0.25, -0.2) is 8.78 Å².